The summed E-state index contributed by atoms with van der Waals surface area (Å²) in [5, 5.41) is 4.81. The number of aromatic nitrogens is 1. The molecule has 1 aromatic heterocycles. The van der Waals surface area contributed by atoms with Crippen LogP contribution in [-0.4, -0.2) is 31.2 Å². The highest BCUT2D eigenvalue weighted by Gasteiger charge is 2.21. The first-order valence-corrected chi connectivity index (χ1v) is 9.14. The number of carbonyl (C=O) groups excluding carboxylic acids is 1. The smallest absolute Gasteiger partial charge is 0.220 e. The van der Waals surface area contributed by atoms with Crippen molar-refractivity contribution in [2.75, 3.05) is 20.3 Å². The van der Waals surface area contributed by atoms with Crippen molar-refractivity contribution >= 4 is 28.4 Å². The maximum Gasteiger partial charge on any atom is 0.220 e. The highest BCUT2D eigenvalue weighted by molar-refractivity contribution is 6.30. The molecule has 4 nitrogen and oxygen atoms in total. The molecule has 0 fully saturated rings. The van der Waals surface area contributed by atoms with Crippen LogP contribution in [0.15, 0.2) is 54.7 Å². The maximum atomic E-state index is 12.5. The van der Waals surface area contributed by atoms with Crippen LogP contribution in [-0.2, 0) is 9.53 Å². The van der Waals surface area contributed by atoms with Crippen molar-refractivity contribution in [3.8, 4) is 0 Å². The van der Waals surface area contributed by atoms with E-state index in [9.17, 15) is 4.79 Å². The van der Waals surface area contributed by atoms with Crippen LogP contribution in [0, 0.1) is 0 Å². The van der Waals surface area contributed by atoms with Gasteiger partial charge in [-0.3, -0.25) is 4.79 Å². The molecule has 3 aromatic rings. The number of carbonyl (C=O) groups is 1. The summed E-state index contributed by atoms with van der Waals surface area (Å²) in [6.45, 7) is 1.26. The molecule has 0 saturated carbocycles. The number of rotatable bonds is 8. The quantitative estimate of drug-likeness (QED) is 0.574. The molecule has 2 aromatic carbocycles. The molecular weight excluding hydrogens is 348 g/mol. The number of ether oxygens (including phenoxy) is 1. The van der Waals surface area contributed by atoms with Crippen LogP contribution in [0.25, 0.3) is 10.9 Å². The molecule has 0 bridgehead atoms. The Morgan fingerprint density at radius 3 is 2.73 bits per heavy atom. The molecule has 0 radical (unpaired) electrons. The zero-order chi connectivity index (χ0) is 18.4. The van der Waals surface area contributed by atoms with E-state index in [0.717, 1.165) is 28.5 Å². The number of nitrogens with one attached hydrogen (secondary N) is 2. The van der Waals surface area contributed by atoms with Gasteiger partial charge in [-0.05, 0) is 35.7 Å². The molecule has 3 rings (SSSR count). The second kappa shape index (κ2) is 8.88. The van der Waals surface area contributed by atoms with Gasteiger partial charge in [-0.15, -0.1) is 0 Å². The number of methoxy groups -OCH3 is 1. The molecule has 0 unspecified atom stereocenters. The van der Waals surface area contributed by atoms with Crippen molar-refractivity contribution in [3.63, 3.8) is 0 Å². The number of hydrogen-bond donors (Lipinski definition) is 2. The SMILES string of the molecule is COCCCNC(=O)C[C@H](c1ccc(Cl)cc1)c1c[nH]c2ccccc12. The average Bonchev–Trinajstić information content (AvgIpc) is 3.08. The van der Waals surface area contributed by atoms with Gasteiger partial charge in [-0.25, -0.2) is 0 Å². The first-order valence-electron chi connectivity index (χ1n) is 8.76. The van der Waals surface area contributed by atoms with E-state index in [2.05, 4.69) is 16.4 Å². The first-order chi connectivity index (χ1) is 12.7. The molecule has 0 spiro atoms. The van der Waals surface area contributed by atoms with Crippen LogP contribution in [0.1, 0.15) is 29.9 Å². The monoisotopic (exact) mass is 370 g/mol. The summed E-state index contributed by atoms with van der Waals surface area (Å²) in [5.74, 6) is -0.00261. The summed E-state index contributed by atoms with van der Waals surface area (Å²) in [6.07, 6.45) is 3.19. The van der Waals surface area contributed by atoms with Crippen molar-refractivity contribution in [2.45, 2.75) is 18.8 Å². The molecular formula is C21H23ClN2O2. The van der Waals surface area contributed by atoms with Gasteiger partial charge in [-0.2, -0.15) is 0 Å². The van der Waals surface area contributed by atoms with Gasteiger partial charge in [0.2, 0.25) is 5.91 Å². The van der Waals surface area contributed by atoms with Crippen LogP contribution in [0.4, 0.5) is 0 Å². The van der Waals surface area contributed by atoms with E-state index in [1.54, 1.807) is 7.11 Å². The molecule has 0 aliphatic heterocycles. The fourth-order valence-corrected chi connectivity index (χ4v) is 3.31. The molecule has 1 atom stereocenters. The normalized spacial score (nSPS) is 12.2. The van der Waals surface area contributed by atoms with E-state index < -0.39 is 0 Å². The molecule has 0 aliphatic carbocycles. The van der Waals surface area contributed by atoms with E-state index in [0.29, 0.717) is 24.6 Å². The minimum absolute atomic E-state index is 0.0336. The third-order valence-corrected chi connectivity index (χ3v) is 4.76. The Morgan fingerprint density at radius 2 is 1.96 bits per heavy atom. The summed E-state index contributed by atoms with van der Waals surface area (Å²) >= 11 is 6.04. The minimum atomic E-state index is -0.0363. The van der Waals surface area contributed by atoms with Crippen LogP contribution in [0.5, 0.6) is 0 Å². The van der Waals surface area contributed by atoms with Crippen LogP contribution < -0.4 is 5.32 Å². The average molecular weight is 371 g/mol. The van der Waals surface area contributed by atoms with Gasteiger partial charge in [0.1, 0.15) is 0 Å². The number of H-pyrrole nitrogens is 1. The molecule has 2 N–H and O–H groups in total. The predicted molar refractivity (Wildman–Crippen MR) is 106 cm³/mol. The number of halogens is 1. The minimum Gasteiger partial charge on any atom is -0.385 e. The lowest BCUT2D eigenvalue weighted by molar-refractivity contribution is -0.121. The lowest BCUT2D eigenvalue weighted by atomic mass is 9.88. The van der Waals surface area contributed by atoms with Gasteiger partial charge in [0, 0.05) is 54.7 Å². The number of amides is 1. The Bertz CT molecular complexity index is 858. The van der Waals surface area contributed by atoms with Crippen molar-refractivity contribution in [1.82, 2.24) is 10.3 Å². The van der Waals surface area contributed by atoms with Crippen LogP contribution in [0.2, 0.25) is 5.02 Å². The van der Waals surface area contributed by atoms with Gasteiger partial charge >= 0.3 is 0 Å². The molecule has 0 saturated heterocycles. The molecule has 136 valence electrons. The summed E-state index contributed by atoms with van der Waals surface area (Å²) < 4.78 is 5.02. The lowest BCUT2D eigenvalue weighted by Crippen LogP contribution is -2.27. The van der Waals surface area contributed by atoms with Crippen molar-refractivity contribution in [2.24, 2.45) is 0 Å². The topological polar surface area (TPSA) is 54.1 Å². The molecule has 1 amide bonds. The molecule has 0 aliphatic rings. The van der Waals surface area contributed by atoms with Gasteiger partial charge in [0.25, 0.3) is 0 Å². The second-order valence-corrected chi connectivity index (χ2v) is 6.73. The summed E-state index contributed by atoms with van der Waals surface area (Å²) in [4.78, 5) is 15.8. The van der Waals surface area contributed by atoms with E-state index in [-0.39, 0.29) is 11.8 Å². The number of aromatic amines is 1. The summed E-state index contributed by atoms with van der Waals surface area (Å²) in [7, 11) is 1.66. The third kappa shape index (κ3) is 4.45. The largest absolute Gasteiger partial charge is 0.385 e. The summed E-state index contributed by atoms with van der Waals surface area (Å²) in [6, 6.07) is 15.9. The fraction of sp³-hybridized carbons (Fsp3) is 0.286. The van der Waals surface area contributed by atoms with Crippen molar-refractivity contribution < 1.29 is 9.53 Å². The number of benzene rings is 2. The highest BCUT2D eigenvalue weighted by Crippen LogP contribution is 2.33. The highest BCUT2D eigenvalue weighted by atomic mass is 35.5. The molecule has 5 heteroatoms. The molecule has 26 heavy (non-hydrogen) atoms. The molecule has 1 heterocycles. The van der Waals surface area contributed by atoms with Gasteiger partial charge in [0.15, 0.2) is 0 Å². The number of fused-ring (bicyclic) bond motifs is 1. The fourth-order valence-electron chi connectivity index (χ4n) is 3.19. The van der Waals surface area contributed by atoms with Crippen molar-refractivity contribution in [1.29, 1.82) is 0 Å². The van der Waals surface area contributed by atoms with Gasteiger partial charge < -0.3 is 15.0 Å². The second-order valence-electron chi connectivity index (χ2n) is 6.29. The van der Waals surface area contributed by atoms with Crippen molar-refractivity contribution in [3.05, 3.63) is 70.9 Å². The Hall–Kier alpha value is -2.30. The van der Waals surface area contributed by atoms with Crippen LogP contribution >= 0.6 is 11.6 Å². The summed E-state index contributed by atoms with van der Waals surface area (Å²) in [5.41, 5.74) is 3.27. The Labute approximate surface area is 158 Å². The van der Waals surface area contributed by atoms with Gasteiger partial charge in [0.05, 0.1) is 0 Å². The van der Waals surface area contributed by atoms with E-state index in [1.807, 2.05) is 48.7 Å². The van der Waals surface area contributed by atoms with Crippen LogP contribution in [0.3, 0.4) is 0 Å². The zero-order valence-electron chi connectivity index (χ0n) is 14.8. The standard InChI is InChI=1S/C21H23ClN2O2/c1-26-12-4-11-23-21(25)13-18(15-7-9-16(22)10-8-15)19-14-24-20-6-3-2-5-17(19)20/h2-3,5-10,14,18,24H,4,11-13H2,1H3,(H,23,25)/t18-/m1/s1. The predicted octanol–water partition coefficient (Wildman–Crippen LogP) is 4.50. The number of hydrogen-bond acceptors (Lipinski definition) is 2. The lowest BCUT2D eigenvalue weighted by Gasteiger charge is -2.17. The van der Waals surface area contributed by atoms with E-state index in [4.69, 9.17) is 16.3 Å². The van der Waals surface area contributed by atoms with Gasteiger partial charge in [-0.1, -0.05) is 41.9 Å². The zero-order valence-corrected chi connectivity index (χ0v) is 15.6. The van der Waals surface area contributed by atoms with E-state index in [1.165, 1.54) is 0 Å². The Morgan fingerprint density at radius 1 is 1.19 bits per heavy atom. The Balaban J connectivity index is 1.85. The maximum absolute atomic E-state index is 12.5. The van der Waals surface area contributed by atoms with E-state index >= 15 is 0 Å². The number of para-hydroxylation sites is 1. The Kier molecular flexibility index (Phi) is 6.31. The third-order valence-electron chi connectivity index (χ3n) is 4.51. The first kappa shape index (κ1) is 18.5.